The lowest BCUT2D eigenvalue weighted by Gasteiger charge is -2.40. The molecule has 0 aliphatic heterocycles. The molecule has 0 amide bonds. The fourth-order valence-corrected chi connectivity index (χ4v) is 3.02. The van der Waals surface area contributed by atoms with E-state index in [4.69, 9.17) is 5.11 Å². The molecule has 0 spiro atoms. The zero-order valence-corrected chi connectivity index (χ0v) is 11.6. The van der Waals surface area contributed by atoms with Crippen molar-refractivity contribution in [1.82, 2.24) is 5.32 Å². The van der Waals surface area contributed by atoms with Crippen LogP contribution in [-0.2, 0) is 4.79 Å². The summed E-state index contributed by atoms with van der Waals surface area (Å²) in [6, 6.07) is 0.00402. The third-order valence-electron chi connectivity index (χ3n) is 3.98. The first kappa shape index (κ1) is 14.5. The Bertz CT molecular complexity index is 263. The predicted octanol–water partition coefficient (Wildman–Crippen LogP) is 3.04. The number of hydrogen-bond donors (Lipinski definition) is 2. The third-order valence-corrected chi connectivity index (χ3v) is 3.98. The first-order valence-electron chi connectivity index (χ1n) is 6.84. The van der Waals surface area contributed by atoms with Crippen molar-refractivity contribution < 1.29 is 9.90 Å². The number of carboxylic acid groups (broad SMARTS) is 1. The summed E-state index contributed by atoms with van der Waals surface area (Å²) >= 11 is 0. The molecule has 0 radical (unpaired) electrons. The topological polar surface area (TPSA) is 49.3 Å². The van der Waals surface area contributed by atoms with E-state index in [-0.39, 0.29) is 6.04 Å². The molecule has 0 aromatic carbocycles. The summed E-state index contributed by atoms with van der Waals surface area (Å²) in [4.78, 5) is 11.1. The molecule has 1 saturated carbocycles. The third kappa shape index (κ3) is 4.30. The van der Waals surface area contributed by atoms with Gasteiger partial charge in [-0.1, -0.05) is 34.1 Å². The van der Waals surface area contributed by atoms with Crippen molar-refractivity contribution in [2.45, 2.75) is 71.9 Å². The van der Waals surface area contributed by atoms with E-state index in [9.17, 15) is 4.79 Å². The molecule has 17 heavy (non-hydrogen) atoms. The largest absolute Gasteiger partial charge is 0.480 e. The standard InChI is InChI=1S/C14H27NO2/c1-5-6-12(13(16)17)15-11-7-8-14(3,4)9-10(11)2/h10-12,15H,5-9H2,1-4H3,(H,16,17). The zero-order chi connectivity index (χ0) is 13.1. The van der Waals surface area contributed by atoms with Crippen molar-refractivity contribution in [3.8, 4) is 0 Å². The fraction of sp³-hybridized carbons (Fsp3) is 0.929. The van der Waals surface area contributed by atoms with E-state index in [1.54, 1.807) is 0 Å². The Balaban J connectivity index is 2.53. The van der Waals surface area contributed by atoms with Crippen molar-refractivity contribution in [3.63, 3.8) is 0 Å². The van der Waals surface area contributed by atoms with Crippen molar-refractivity contribution in [2.24, 2.45) is 11.3 Å². The van der Waals surface area contributed by atoms with Crippen LogP contribution in [0, 0.1) is 11.3 Å². The minimum atomic E-state index is -0.705. The zero-order valence-electron chi connectivity index (χ0n) is 11.6. The summed E-state index contributed by atoms with van der Waals surface area (Å²) in [5, 5.41) is 12.5. The van der Waals surface area contributed by atoms with Crippen LogP contribution < -0.4 is 5.32 Å². The van der Waals surface area contributed by atoms with Crippen LogP contribution in [0.15, 0.2) is 0 Å². The molecule has 3 nitrogen and oxygen atoms in total. The summed E-state index contributed by atoms with van der Waals surface area (Å²) in [5.41, 5.74) is 0.418. The van der Waals surface area contributed by atoms with Crippen molar-refractivity contribution >= 4 is 5.97 Å². The van der Waals surface area contributed by atoms with Crippen molar-refractivity contribution in [1.29, 1.82) is 0 Å². The van der Waals surface area contributed by atoms with E-state index in [1.807, 2.05) is 6.92 Å². The summed E-state index contributed by atoms with van der Waals surface area (Å²) in [7, 11) is 0. The van der Waals surface area contributed by atoms with Crippen LogP contribution in [0.4, 0.5) is 0 Å². The molecule has 1 aliphatic rings. The Kier molecular flexibility index (Phi) is 4.99. The fourth-order valence-electron chi connectivity index (χ4n) is 3.02. The normalized spacial score (nSPS) is 29.9. The molecule has 3 unspecified atom stereocenters. The van der Waals surface area contributed by atoms with Crippen LogP contribution in [0.2, 0.25) is 0 Å². The van der Waals surface area contributed by atoms with E-state index < -0.39 is 5.97 Å². The highest BCUT2D eigenvalue weighted by Crippen LogP contribution is 2.38. The number of hydrogen-bond acceptors (Lipinski definition) is 2. The van der Waals surface area contributed by atoms with Crippen LogP contribution in [0.3, 0.4) is 0 Å². The van der Waals surface area contributed by atoms with Gasteiger partial charge in [0.05, 0.1) is 0 Å². The summed E-state index contributed by atoms with van der Waals surface area (Å²) in [6.45, 7) is 8.88. The average molecular weight is 241 g/mol. The second-order valence-corrected chi connectivity index (χ2v) is 6.34. The Morgan fingerprint density at radius 2 is 2.18 bits per heavy atom. The highest BCUT2D eigenvalue weighted by atomic mass is 16.4. The number of rotatable bonds is 5. The Labute approximate surface area is 105 Å². The van der Waals surface area contributed by atoms with E-state index in [1.165, 1.54) is 12.8 Å². The quantitative estimate of drug-likeness (QED) is 0.778. The van der Waals surface area contributed by atoms with Crippen LogP contribution in [0.5, 0.6) is 0 Å². The molecule has 100 valence electrons. The molecule has 1 fully saturated rings. The molecule has 0 aromatic heterocycles. The minimum Gasteiger partial charge on any atom is -0.480 e. The lowest BCUT2D eigenvalue weighted by molar-refractivity contribution is -0.140. The van der Waals surface area contributed by atoms with Gasteiger partial charge in [-0.25, -0.2) is 0 Å². The maximum absolute atomic E-state index is 11.1. The molecule has 0 bridgehead atoms. The molecule has 1 rings (SSSR count). The van der Waals surface area contributed by atoms with Crippen molar-refractivity contribution in [2.75, 3.05) is 0 Å². The van der Waals surface area contributed by atoms with Crippen LogP contribution in [-0.4, -0.2) is 23.2 Å². The van der Waals surface area contributed by atoms with Gasteiger partial charge in [-0.3, -0.25) is 4.79 Å². The lowest BCUT2D eigenvalue weighted by atomic mass is 9.70. The molecule has 1 aliphatic carbocycles. The Morgan fingerprint density at radius 1 is 1.53 bits per heavy atom. The van der Waals surface area contributed by atoms with Gasteiger partial charge in [0.1, 0.15) is 6.04 Å². The van der Waals surface area contributed by atoms with E-state index in [2.05, 4.69) is 26.1 Å². The monoisotopic (exact) mass is 241 g/mol. The minimum absolute atomic E-state index is 0.367. The van der Waals surface area contributed by atoms with Crippen molar-refractivity contribution in [3.05, 3.63) is 0 Å². The molecule has 0 aromatic rings. The average Bonchev–Trinajstić information content (AvgIpc) is 2.19. The molecule has 3 heteroatoms. The second-order valence-electron chi connectivity index (χ2n) is 6.34. The molecule has 2 N–H and O–H groups in total. The predicted molar refractivity (Wildman–Crippen MR) is 70.1 cm³/mol. The van der Waals surface area contributed by atoms with Gasteiger partial charge in [-0.15, -0.1) is 0 Å². The van der Waals surface area contributed by atoms with Gasteiger partial charge in [0.2, 0.25) is 0 Å². The van der Waals surface area contributed by atoms with Gasteiger partial charge in [0.25, 0.3) is 0 Å². The molecule has 0 saturated heterocycles. The first-order chi connectivity index (χ1) is 7.85. The number of aliphatic carboxylic acids is 1. The Hall–Kier alpha value is -0.570. The molecule has 3 atom stereocenters. The second kappa shape index (κ2) is 5.85. The smallest absolute Gasteiger partial charge is 0.320 e. The van der Waals surface area contributed by atoms with Gasteiger partial charge in [-0.2, -0.15) is 0 Å². The maximum Gasteiger partial charge on any atom is 0.320 e. The Morgan fingerprint density at radius 3 is 2.65 bits per heavy atom. The number of carboxylic acids is 1. The van der Waals surface area contributed by atoms with Gasteiger partial charge < -0.3 is 10.4 Å². The molecule has 0 heterocycles. The van der Waals surface area contributed by atoms with Crippen LogP contribution >= 0.6 is 0 Å². The molecular weight excluding hydrogens is 214 g/mol. The van der Waals surface area contributed by atoms with Crippen LogP contribution in [0.1, 0.15) is 59.8 Å². The van der Waals surface area contributed by atoms with Crippen LogP contribution in [0.25, 0.3) is 0 Å². The number of nitrogens with one attached hydrogen (secondary N) is 1. The lowest BCUT2D eigenvalue weighted by Crippen LogP contribution is -2.49. The maximum atomic E-state index is 11.1. The van der Waals surface area contributed by atoms with Gasteiger partial charge in [0, 0.05) is 6.04 Å². The SMILES string of the molecule is CCCC(NC1CCC(C)(C)CC1C)C(=O)O. The van der Waals surface area contributed by atoms with Gasteiger partial charge in [-0.05, 0) is 37.0 Å². The van der Waals surface area contributed by atoms with Gasteiger partial charge >= 0.3 is 5.97 Å². The highest BCUT2D eigenvalue weighted by Gasteiger charge is 2.34. The summed E-state index contributed by atoms with van der Waals surface area (Å²) in [5.74, 6) is -0.138. The van der Waals surface area contributed by atoms with E-state index >= 15 is 0 Å². The van der Waals surface area contributed by atoms with E-state index in [0.717, 1.165) is 19.3 Å². The number of carbonyl (C=O) groups is 1. The summed E-state index contributed by atoms with van der Waals surface area (Å²) in [6.07, 6.45) is 5.11. The summed E-state index contributed by atoms with van der Waals surface area (Å²) < 4.78 is 0. The highest BCUT2D eigenvalue weighted by molar-refractivity contribution is 5.73. The van der Waals surface area contributed by atoms with Gasteiger partial charge in [0.15, 0.2) is 0 Å². The van der Waals surface area contributed by atoms with E-state index in [0.29, 0.717) is 17.4 Å². The molecular formula is C14H27NO2. The first-order valence-corrected chi connectivity index (χ1v) is 6.84.